The van der Waals surface area contributed by atoms with Gasteiger partial charge >= 0.3 is 11.9 Å². The molecule has 2 aromatic carbocycles. The third-order valence-corrected chi connectivity index (χ3v) is 8.02. The highest BCUT2D eigenvalue weighted by Gasteiger charge is 2.33. The zero-order valence-corrected chi connectivity index (χ0v) is 24.1. The lowest BCUT2D eigenvalue weighted by Crippen LogP contribution is -2.39. The van der Waals surface area contributed by atoms with Gasteiger partial charge in [-0.3, -0.25) is 9.36 Å². The van der Waals surface area contributed by atoms with Crippen LogP contribution in [0.1, 0.15) is 52.8 Å². The van der Waals surface area contributed by atoms with Crippen molar-refractivity contribution >= 4 is 29.4 Å². The van der Waals surface area contributed by atoms with E-state index in [2.05, 4.69) is 4.99 Å². The Morgan fingerprint density at radius 2 is 1.85 bits per heavy atom. The molecule has 9 nitrogen and oxygen atoms in total. The molecule has 41 heavy (non-hydrogen) atoms. The SMILES string of the molecule is CCOC(=O)C1=C(C)N=c2s/c(=C\c3cc(C)n(-c4cccc(C(=O)O)c4)c3C)c(=O)n2[C@H]1c1cccc(OC)c1. The third-order valence-electron chi connectivity index (χ3n) is 7.03. The van der Waals surface area contributed by atoms with Crippen LogP contribution in [0.3, 0.4) is 0 Å². The molecule has 0 aliphatic carbocycles. The molecule has 2 aromatic heterocycles. The second-order valence-corrected chi connectivity index (χ2v) is 10.6. The first-order valence-corrected chi connectivity index (χ1v) is 13.8. The van der Waals surface area contributed by atoms with E-state index in [-0.39, 0.29) is 17.7 Å². The first kappa shape index (κ1) is 27.9. The van der Waals surface area contributed by atoms with Crippen LogP contribution < -0.4 is 19.6 Å². The van der Waals surface area contributed by atoms with Gasteiger partial charge < -0.3 is 19.1 Å². The number of allylic oxidation sites excluding steroid dienone is 1. The number of fused-ring (bicyclic) bond motifs is 1. The van der Waals surface area contributed by atoms with Crippen LogP contribution in [0.15, 0.2) is 75.7 Å². The molecule has 0 spiro atoms. The Labute approximate surface area is 239 Å². The minimum Gasteiger partial charge on any atom is -0.497 e. The quantitative estimate of drug-likeness (QED) is 0.337. The molecule has 5 rings (SSSR count). The number of rotatable bonds is 7. The van der Waals surface area contributed by atoms with Gasteiger partial charge in [-0.1, -0.05) is 29.5 Å². The van der Waals surface area contributed by atoms with Crippen molar-refractivity contribution in [1.29, 1.82) is 0 Å². The molecule has 0 radical (unpaired) electrons. The highest BCUT2D eigenvalue weighted by molar-refractivity contribution is 7.07. The van der Waals surface area contributed by atoms with Crippen molar-refractivity contribution in [3.63, 3.8) is 0 Å². The minimum atomic E-state index is -1.00. The van der Waals surface area contributed by atoms with Gasteiger partial charge in [-0.25, -0.2) is 14.6 Å². The third kappa shape index (κ3) is 5.02. The Balaban J connectivity index is 1.69. The molecular weight excluding hydrogens is 542 g/mol. The van der Waals surface area contributed by atoms with E-state index in [4.69, 9.17) is 9.47 Å². The van der Waals surface area contributed by atoms with Crippen molar-refractivity contribution in [2.75, 3.05) is 13.7 Å². The van der Waals surface area contributed by atoms with E-state index in [1.54, 1.807) is 55.9 Å². The number of carboxylic acids is 1. The van der Waals surface area contributed by atoms with E-state index in [1.807, 2.05) is 48.8 Å². The zero-order valence-electron chi connectivity index (χ0n) is 23.3. The summed E-state index contributed by atoms with van der Waals surface area (Å²) >= 11 is 1.25. The number of benzene rings is 2. The number of hydrogen-bond acceptors (Lipinski definition) is 7. The number of methoxy groups -OCH3 is 1. The number of esters is 1. The lowest BCUT2D eigenvalue weighted by atomic mass is 9.95. The minimum absolute atomic E-state index is 0.190. The first-order chi connectivity index (χ1) is 19.6. The number of nitrogens with zero attached hydrogens (tertiary/aromatic N) is 3. The Morgan fingerprint density at radius 1 is 1.10 bits per heavy atom. The summed E-state index contributed by atoms with van der Waals surface area (Å²) in [4.78, 5) is 43.7. The summed E-state index contributed by atoms with van der Waals surface area (Å²) in [5.74, 6) is -0.927. The predicted molar refractivity (Wildman–Crippen MR) is 156 cm³/mol. The van der Waals surface area contributed by atoms with E-state index in [0.717, 1.165) is 17.0 Å². The standard InChI is InChI=1S/C31H29N3O6S/c1-6-40-30(38)26-18(3)32-31-34(27(26)20-9-8-12-24(15-20)39-5)28(35)25(41-31)16-22-13-17(2)33(19(22)4)23-11-7-10-21(14-23)29(36)37/h7-16,27H,6H2,1-5H3,(H,36,37)/b25-16-/t27-/m0/s1. The maximum absolute atomic E-state index is 14.0. The summed E-state index contributed by atoms with van der Waals surface area (Å²) in [6.07, 6.45) is 1.82. The lowest BCUT2D eigenvalue weighted by Gasteiger charge is -2.25. The van der Waals surface area contributed by atoms with Crippen molar-refractivity contribution in [3.8, 4) is 11.4 Å². The Morgan fingerprint density at radius 3 is 2.56 bits per heavy atom. The van der Waals surface area contributed by atoms with Crippen molar-refractivity contribution in [2.45, 2.75) is 33.7 Å². The first-order valence-electron chi connectivity index (χ1n) is 13.0. The zero-order chi connectivity index (χ0) is 29.4. The topological polar surface area (TPSA) is 112 Å². The van der Waals surface area contributed by atoms with Gasteiger partial charge in [-0.15, -0.1) is 0 Å². The van der Waals surface area contributed by atoms with Crippen LogP contribution in [0.4, 0.5) is 0 Å². The number of aromatic nitrogens is 2. The van der Waals surface area contributed by atoms with E-state index in [0.29, 0.717) is 37.6 Å². The molecule has 0 fully saturated rings. The molecule has 210 valence electrons. The number of thiazole rings is 1. The average molecular weight is 572 g/mol. The molecule has 0 amide bonds. The Bertz CT molecular complexity index is 1910. The smallest absolute Gasteiger partial charge is 0.338 e. The van der Waals surface area contributed by atoms with Crippen molar-refractivity contribution < 1.29 is 24.2 Å². The number of carboxylic acid groups (broad SMARTS) is 1. The highest BCUT2D eigenvalue weighted by atomic mass is 32.1. The normalized spacial score (nSPS) is 15.0. The summed E-state index contributed by atoms with van der Waals surface area (Å²) in [5, 5.41) is 9.44. The molecule has 0 bridgehead atoms. The van der Waals surface area contributed by atoms with Crippen LogP contribution in [0.5, 0.6) is 5.75 Å². The fourth-order valence-electron chi connectivity index (χ4n) is 5.17. The molecule has 4 aromatic rings. The van der Waals surface area contributed by atoms with Gasteiger partial charge in [0.1, 0.15) is 5.75 Å². The van der Waals surface area contributed by atoms with Crippen molar-refractivity contribution in [2.24, 2.45) is 4.99 Å². The van der Waals surface area contributed by atoms with Crippen LogP contribution >= 0.6 is 11.3 Å². The van der Waals surface area contributed by atoms with Crippen LogP contribution in [-0.2, 0) is 9.53 Å². The summed E-state index contributed by atoms with van der Waals surface area (Å²) in [6, 6.07) is 15.2. The molecule has 0 unspecified atom stereocenters. The molecule has 0 saturated carbocycles. The Kier molecular flexibility index (Phi) is 7.51. The maximum atomic E-state index is 14.0. The fourth-order valence-corrected chi connectivity index (χ4v) is 6.21. The Hall–Kier alpha value is -4.70. The van der Waals surface area contributed by atoms with Crippen LogP contribution in [0.2, 0.25) is 0 Å². The molecule has 1 aliphatic heterocycles. The van der Waals surface area contributed by atoms with Gasteiger partial charge in [0.15, 0.2) is 4.80 Å². The van der Waals surface area contributed by atoms with Crippen LogP contribution in [0, 0.1) is 13.8 Å². The summed E-state index contributed by atoms with van der Waals surface area (Å²) in [5.41, 5.74) is 4.66. The van der Waals surface area contributed by atoms with Gasteiger partial charge in [-0.05, 0) is 81.3 Å². The predicted octanol–water partition coefficient (Wildman–Crippen LogP) is 3.91. The number of aromatic carboxylic acids is 1. The van der Waals surface area contributed by atoms with Gasteiger partial charge in [0.25, 0.3) is 5.56 Å². The summed E-state index contributed by atoms with van der Waals surface area (Å²) in [6.45, 7) is 7.52. The molecule has 1 atom stereocenters. The van der Waals surface area contributed by atoms with Crippen molar-refractivity contribution in [1.82, 2.24) is 9.13 Å². The number of ether oxygens (including phenoxy) is 2. The fraction of sp³-hybridized carbons (Fsp3) is 0.226. The van der Waals surface area contributed by atoms with Crippen LogP contribution in [-0.4, -0.2) is 39.9 Å². The van der Waals surface area contributed by atoms with Gasteiger partial charge in [0, 0.05) is 17.1 Å². The summed E-state index contributed by atoms with van der Waals surface area (Å²) in [7, 11) is 1.56. The molecule has 3 heterocycles. The van der Waals surface area contributed by atoms with Crippen molar-refractivity contribution in [3.05, 3.63) is 114 Å². The number of hydrogen-bond donors (Lipinski definition) is 1. The molecule has 1 aliphatic rings. The lowest BCUT2D eigenvalue weighted by molar-refractivity contribution is -0.139. The van der Waals surface area contributed by atoms with Gasteiger partial charge in [-0.2, -0.15) is 0 Å². The van der Waals surface area contributed by atoms with E-state index in [1.165, 1.54) is 11.3 Å². The van der Waals surface area contributed by atoms with Crippen LogP contribution in [0.25, 0.3) is 11.8 Å². The van der Waals surface area contributed by atoms with E-state index in [9.17, 15) is 19.5 Å². The monoisotopic (exact) mass is 571 g/mol. The maximum Gasteiger partial charge on any atom is 0.338 e. The highest BCUT2D eigenvalue weighted by Crippen LogP contribution is 2.32. The van der Waals surface area contributed by atoms with Gasteiger partial charge in [0.05, 0.1) is 41.1 Å². The molecule has 0 saturated heterocycles. The number of carbonyl (C=O) groups is 2. The molecule has 1 N–H and O–H groups in total. The number of aryl methyl sites for hydroxylation is 1. The number of carbonyl (C=O) groups excluding carboxylic acids is 1. The molecule has 10 heteroatoms. The van der Waals surface area contributed by atoms with E-state index < -0.39 is 18.0 Å². The van der Waals surface area contributed by atoms with E-state index >= 15 is 0 Å². The van der Waals surface area contributed by atoms with Gasteiger partial charge in [0.2, 0.25) is 0 Å². The second-order valence-electron chi connectivity index (χ2n) is 9.60. The largest absolute Gasteiger partial charge is 0.497 e. The second kappa shape index (κ2) is 11.1. The molecular formula is C31H29N3O6S. The summed E-state index contributed by atoms with van der Waals surface area (Å²) < 4.78 is 14.7. The average Bonchev–Trinajstić information content (AvgIpc) is 3.41.